The predicted octanol–water partition coefficient (Wildman–Crippen LogP) is 1.13. The van der Waals surface area contributed by atoms with E-state index in [-0.39, 0.29) is 22.8 Å². The summed E-state index contributed by atoms with van der Waals surface area (Å²) in [6.45, 7) is 5.78. The zero-order chi connectivity index (χ0) is 12.3. The van der Waals surface area contributed by atoms with Crippen LogP contribution in [0.5, 0.6) is 0 Å². The van der Waals surface area contributed by atoms with E-state index in [0.29, 0.717) is 6.42 Å². The normalized spacial score (nSPS) is 20.1. The number of thiocarbonyl (C=S) groups is 1. The SMILES string of the molecule is CCC1(/C=C\C(C)C)C(=O)NC(=S)NC1=O. The molecule has 0 bridgehead atoms. The largest absolute Gasteiger partial charge is 0.302 e. The molecule has 1 saturated heterocycles. The van der Waals surface area contributed by atoms with Crippen molar-refractivity contribution in [2.45, 2.75) is 27.2 Å². The highest BCUT2D eigenvalue weighted by molar-refractivity contribution is 7.80. The summed E-state index contributed by atoms with van der Waals surface area (Å²) in [6.07, 6.45) is 3.94. The van der Waals surface area contributed by atoms with Crippen LogP contribution in [0.25, 0.3) is 0 Å². The van der Waals surface area contributed by atoms with E-state index in [1.807, 2.05) is 19.9 Å². The van der Waals surface area contributed by atoms with E-state index in [1.54, 1.807) is 13.0 Å². The quantitative estimate of drug-likeness (QED) is 0.441. The summed E-state index contributed by atoms with van der Waals surface area (Å²) in [6, 6.07) is 0. The van der Waals surface area contributed by atoms with Crippen LogP contribution in [0.4, 0.5) is 0 Å². The third-order valence-electron chi connectivity index (χ3n) is 2.59. The van der Waals surface area contributed by atoms with E-state index in [2.05, 4.69) is 10.6 Å². The lowest BCUT2D eigenvalue weighted by Gasteiger charge is -2.31. The molecule has 88 valence electrons. The maximum absolute atomic E-state index is 11.9. The van der Waals surface area contributed by atoms with Gasteiger partial charge in [0.1, 0.15) is 5.41 Å². The van der Waals surface area contributed by atoms with Gasteiger partial charge in [-0.1, -0.05) is 32.9 Å². The Hall–Kier alpha value is -1.23. The van der Waals surface area contributed by atoms with Crippen LogP contribution in [0.15, 0.2) is 12.2 Å². The molecule has 1 rings (SSSR count). The molecule has 2 amide bonds. The maximum atomic E-state index is 11.9. The first-order valence-electron chi connectivity index (χ1n) is 5.28. The third-order valence-corrected chi connectivity index (χ3v) is 2.79. The minimum atomic E-state index is -1.12. The van der Waals surface area contributed by atoms with Crippen molar-refractivity contribution >= 4 is 29.1 Å². The molecule has 2 N–H and O–H groups in total. The van der Waals surface area contributed by atoms with Crippen molar-refractivity contribution in [1.82, 2.24) is 10.6 Å². The van der Waals surface area contributed by atoms with Crippen LogP contribution in [0.1, 0.15) is 27.2 Å². The highest BCUT2D eigenvalue weighted by Crippen LogP contribution is 2.27. The van der Waals surface area contributed by atoms with Gasteiger partial charge in [0.15, 0.2) is 5.11 Å². The van der Waals surface area contributed by atoms with Gasteiger partial charge in [0, 0.05) is 0 Å². The van der Waals surface area contributed by atoms with Crippen molar-refractivity contribution in [3.05, 3.63) is 12.2 Å². The fourth-order valence-electron chi connectivity index (χ4n) is 1.51. The zero-order valence-electron chi connectivity index (χ0n) is 9.66. The Balaban J connectivity index is 3.05. The molecule has 0 aliphatic carbocycles. The summed E-state index contributed by atoms with van der Waals surface area (Å²) in [7, 11) is 0. The van der Waals surface area contributed by atoms with E-state index < -0.39 is 5.41 Å². The van der Waals surface area contributed by atoms with Gasteiger partial charge >= 0.3 is 0 Å². The lowest BCUT2D eigenvalue weighted by atomic mass is 9.81. The average molecular weight is 240 g/mol. The van der Waals surface area contributed by atoms with Gasteiger partial charge in [0.25, 0.3) is 0 Å². The Bertz CT molecular complexity index is 341. The minimum absolute atomic E-state index is 0.0806. The summed E-state index contributed by atoms with van der Waals surface area (Å²) >= 11 is 4.76. The first kappa shape index (κ1) is 12.8. The second kappa shape index (κ2) is 4.74. The number of hydrogen-bond donors (Lipinski definition) is 2. The van der Waals surface area contributed by atoms with Crippen molar-refractivity contribution in [2.75, 3.05) is 0 Å². The number of hydrogen-bond acceptors (Lipinski definition) is 3. The number of amides is 2. The van der Waals surface area contributed by atoms with Crippen molar-refractivity contribution in [1.29, 1.82) is 0 Å². The summed E-state index contributed by atoms with van der Waals surface area (Å²) in [5, 5.41) is 5.05. The Morgan fingerprint density at radius 1 is 1.31 bits per heavy atom. The van der Waals surface area contributed by atoms with Crippen LogP contribution in [0.2, 0.25) is 0 Å². The molecule has 16 heavy (non-hydrogen) atoms. The number of allylic oxidation sites excluding steroid dienone is 1. The third kappa shape index (κ3) is 2.29. The molecule has 5 heteroatoms. The molecule has 0 saturated carbocycles. The zero-order valence-corrected chi connectivity index (χ0v) is 10.5. The Kier molecular flexibility index (Phi) is 3.80. The maximum Gasteiger partial charge on any atom is 0.245 e. The number of carbonyl (C=O) groups excluding carboxylic acids is 2. The summed E-state index contributed by atoms with van der Waals surface area (Å²) < 4.78 is 0. The minimum Gasteiger partial charge on any atom is -0.302 e. The smallest absolute Gasteiger partial charge is 0.245 e. The highest BCUT2D eigenvalue weighted by atomic mass is 32.1. The molecular formula is C11H16N2O2S. The van der Waals surface area contributed by atoms with Crippen LogP contribution in [-0.4, -0.2) is 16.9 Å². The number of carbonyl (C=O) groups is 2. The van der Waals surface area contributed by atoms with Crippen LogP contribution in [0, 0.1) is 11.3 Å². The molecule has 4 nitrogen and oxygen atoms in total. The van der Waals surface area contributed by atoms with Gasteiger partial charge in [-0.05, 0) is 24.6 Å². The lowest BCUT2D eigenvalue weighted by Crippen LogP contribution is -2.61. The van der Waals surface area contributed by atoms with Crippen LogP contribution in [-0.2, 0) is 9.59 Å². The summed E-state index contributed by atoms with van der Waals surface area (Å²) in [4.78, 5) is 23.7. The van der Waals surface area contributed by atoms with E-state index in [4.69, 9.17) is 12.2 Å². The van der Waals surface area contributed by atoms with Gasteiger partial charge in [0.05, 0.1) is 0 Å². The number of nitrogens with one attached hydrogen (secondary N) is 2. The Morgan fingerprint density at radius 3 is 2.19 bits per heavy atom. The fourth-order valence-corrected chi connectivity index (χ4v) is 1.70. The summed E-state index contributed by atoms with van der Waals surface area (Å²) in [5.74, 6) is -0.404. The summed E-state index contributed by atoms with van der Waals surface area (Å²) in [5.41, 5.74) is -1.12. The van der Waals surface area contributed by atoms with Crippen LogP contribution < -0.4 is 10.6 Å². The molecule has 0 radical (unpaired) electrons. The van der Waals surface area contributed by atoms with E-state index >= 15 is 0 Å². The van der Waals surface area contributed by atoms with E-state index in [0.717, 1.165) is 0 Å². The monoisotopic (exact) mass is 240 g/mol. The fraction of sp³-hybridized carbons (Fsp3) is 0.545. The molecule has 0 aromatic carbocycles. The second-order valence-electron chi connectivity index (χ2n) is 4.17. The van der Waals surface area contributed by atoms with Gasteiger partial charge < -0.3 is 10.6 Å². The van der Waals surface area contributed by atoms with Gasteiger partial charge in [-0.2, -0.15) is 0 Å². The molecular weight excluding hydrogens is 224 g/mol. The lowest BCUT2D eigenvalue weighted by molar-refractivity contribution is -0.140. The predicted molar refractivity (Wildman–Crippen MR) is 65.6 cm³/mol. The number of rotatable bonds is 3. The molecule has 1 aliphatic heterocycles. The highest BCUT2D eigenvalue weighted by Gasteiger charge is 2.45. The second-order valence-corrected chi connectivity index (χ2v) is 4.57. The molecule has 1 heterocycles. The first-order valence-corrected chi connectivity index (χ1v) is 5.69. The van der Waals surface area contributed by atoms with Gasteiger partial charge in [0.2, 0.25) is 11.8 Å². The molecule has 1 aliphatic rings. The van der Waals surface area contributed by atoms with Gasteiger partial charge in [-0.25, -0.2) is 0 Å². The van der Waals surface area contributed by atoms with Crippen molar-refractivity contribution < 1.29 is 9.59 Å². The molecule has 0 aromatic rings. The van der Waals surface area contributed by atoms with E-state index in [9.17, 15) is 9.59 Å². The molecule has 0 aromatic heterocycles. The molecule has 0 unspecified atom stereocenters. The van der Waals surface area contributed by atoms with Crippen molar-refractivity contribution in [2.24, 2.45) is 11.3 Å². The van der Waals surface area contributed by atoms with Crippen molar-refractivity contribution in [3.8, 4) is 0 Å². The Labute approximate surface area is 100 Å². The van der Waals surface area contributed by atoms with Gasteiger partial charge in [-0.15, -0.1) is 0 Å². The Morgan fingerprint density at radius 2 is 1.81 bits per heavy atom. The van der Waals surface area contributed by atoms with E-state index in [1.165, 1.54) is 0 Å². The van der Waals surface area contributed by atoms with Crippen LogP contribution >= 0.6 is 12.2 Å². The van der Waals surface area contributed by atoms with Gasteiger partial charge in [-0.3, -0.25) is 9.59 Å². The topological polar surface area (TPSA) is 58.2 Å². The van der Waals surface area contributed by atoms with Crippen LogP contribution in [0.3, 0.4) is 0 Å². The van der Waals surface area contributed by atoms with Crippen molar-refractivity contribution in [3.63, 3.8) is 0 Å². The standard InChI is InChI=1S/C11H16N2O2S/c1-4-11(6-5-7(2)3)8(14)12-10(16)13-9(11)15/h5-7H,4H2,1-3H3,(H2,12,13,14,15,16)/b6-5-. The molecule has 0 spiro atoms. The molecule has 1 fully saturated rings. The molecule has 0 atom stereocenters. The average Bonchev–Trinajstić information content (AvgIpc) is 2.17. The first-order chi connectivity index (χ1) is 7.42.